The number of rotatable bonds is 50. The van der Waals surface area contributed by atoms with E-state index in [9.17, 15) is 43.8 Å². The van der Waals surface area contributed by atoms with E-state index in [4.69, 9.17) is 14.0 Å². The standard InChI is InChI=1S/C51H94O15P2/c1-3-5-7-9-11-13-15-17-19-21-22-24-26-28-30-32-34-36-38-40-51(56)62-42-48(53)44-64-68(59,60)66-46-49(54)45-65-67(57,58)63-43-47(52)41-61-50(55)39-37-35-33-31-29-27-25-23-20-18-16-14-12-10-8-6-4-2/h11,13,17,19,22,24,28,30,47-49,52-54H,3-10,12,14-16,18,20-21,23,25-27,29,31-46H2,1-2H3,(H,57,58)(H,59,60)/b13-11-,19-17-,24-22-,30-28-. The fraction of sp³-hybridized carbons (Fsp3) is 0.804. The monoisotopic (exact) mass is 1010 g/mol. The molecule has 0 aliphatic rings. The number of hydrogen-bond donors (Lipinski definition) is 5. The van der Waals surface area contributed by atoms with Crippen molar-refractivity contribution in [1.29, 1.82) is 0 Å². The van der Waals surface area contributed by atoms with Gasteiger partial charge in [0.15, 0.2) is 0 Å². The first-order valence-electron chi connectivity index (χ1n) is 26.0. The molecule has 5 N–H and O–H groups in total. The molecular weight excluding hydrogens is 914 g/mol. The molecule has 0 amide bonds. The highest BCUT2D eigenvalue weighted by Gasteiger charge is 2.28. The number of carbonyl (C=O) groups excluding carboxylic acids is 2. The first-order chi connectivity index (χ1) is 32.8. The Kier molecular flexibility index (Phi) is 45.9. The lowest BCUT2D eigenvalue weighted by molar-refractivity contribution is -0.148. The first kappa shape index (κ1) is 66.0. The molecule has 0 aliphatic heterocycles. The van der Waals surface area contributed by atoms with Crippen LogP contribution < -0.4 is 0 Å². The Bertz CT molecular complexity index is 1410. The van der Waals surface area contributed by atoms with Crippen molar-refractivity contribution in [1.82, 2.24) is 0 Å². The van der Waals surface area contributed by atoms with Gasteiger partial charge in [0.25, 0.3) is 0 Å². The minimum atomic E-state index is -4.80. The van der Waals surface area contributed by atoms with Gasteiger partial charge in [-0.1, -0.05) is 184 Å². The molecule has 0 fully saturated rings. The van der Waals surface area contributed by atoms with Crippen molar-refractivity contribution < 1.29 is 71.4 Å². The second-order valence-electron chi connectivity index (χ2n) is 17.5. The first-order valence-corrected chi connectivity index (χ1v) is 29.0. The quantitative estimate of drug-likeness (QED) is 0.0165. The fourth-order valence-electron chi connectivity index (χ4n) is 6.73. The second-order valence-corrected chi connectivity index (χ2v) is 20.4. The van der Waals surface area contributed by atoms with Gasteiger partial charge in [-0.25, -0.2) is 9.13 Å². The van der Waals surface area contributed by atoms with Crippen LogP contribution in [0.5, 0.6) is 0 Å². The second kappa shape index (κ2) is 47.3. The third-order valence-electron chi connectivity index (χ3n) is 10.8. The van der Waals surface area contributed by atoms with Gasteiger partial charge in [-0.15, -0.1) is 0 Å². The number of carbonyl (C=O) groups is 2. The summed E-state index contributed by atoms with van der Waals surface area (Å²) in [5.74, 6) is -1.02. The fourth-order valence-corrected chi connectivity index (χ4v) is 8.32. The van der Waals surface area contributed by atoms with Gasteiger partial charge >= 0.3 is 27.6 Å². The lowest BCUT2D eigenvalue weighted by Crippen LogP contribution is -2.25. The maximum Gasteiger partial charge on any atom is 0.472 e. The minimum absolute atomic E-state index is 0.158. The average Bonchev–Trinajstić information content (AvgIpc) is 3.31. The van der Waals surface area contributed by atoms with E-state index in [1.54, 1.807) is 0 Å². The molecule has 0 rings (SSSR count). The number of esters is 2. The van der Waals surface area contributed by atoms with Crippen LogP contribution in [0.4, 0.5) is 0 Å². The van der Waals surface area contributed by atoms with E-state index in [1.807, 2.05) is 0 Å². The summed E-state index contributed by atoms with van der Waals surface area (Å²) in [6.45, 7) is 0.381. The molecule has 398 valence electrons. The summed E-state index contributed by atoms with van der Waals surface area (Å²) in [7, 11) is -9.58. The highest BCUT2D eigenvalue weighted by atomic mass is 31.2. The molecule has 0 radical (unpaired) electrons. The van der Waals surface area contributed by atoms with Crippen molar-refractivity contribution in [2.45, 2.75) is 225 Å². The molecule has 0 aliphatic carbocycles. The summed E-state index contributed by atoms with van der Waals surface area (Å²) in [6.07, 6.45) is 45.2. The molecule has 5 unspecified atom stereocenters. The van der Waals surface area contributed by atoms with Crippen LogP contribution >= 0.6 is 15.6 Å². The Morgan fingerprint density at radius 1 is 0.382 bits per heavy atom. The van der Waals surface area contributed by atoms with E-state index < -0.39 is 85.5 Å². The minimum Gasteiger partial charge on any atom is -0.463 e. The Labute approximate surface area is 410 Å². The van der Waals surface area contributed by atoms with Crippen LogP contribution in [0, 0.1) is 0 Å². The Hall–Kier alpha value is -2.00. The number of allylic oxidation sites excluding steroid dienone is 8. The molecule has 0 aromatic carbocycles. The SMILES string of the molecule is CCCCC/C=C\C/C=C\C/C=C\C/C=C\CCCCCC(=O)OCC(O)COP(=O)(O)OCC(O)COP(=O)(O)OCC(O)COC(=O)CCCCCCCCCCCCCCCCCCC. The van der Waals surface area contributed by atoms with Crippen molar-refractivity contribution in [2.24, 2.45) is 0 Å². The van der Waals surface area contributed by atoms with Gasteiger partial charge in [-0.3, -0.25) is 27.7 Å². The van der Waals surface area contributed by atoms with Crippen LogP contribution in [0.15, 0.2) is 48.6 Å². The van der Waals surface area contributed by atoms with Crippen molar-refractivity contribution in [3.05, 3.63) is 48.6 Å². The van der Waals surface area contributed by atoms with Gasteiger partial charge in [0, 0.05) is 12.8 Å². The third kappa shape index (κ3) is 49.0. The number of aliphatic hydroxyl groups excluding tert-OH is 3. The lowest BCUT2D eigenvalue weighted by Gasteiger charge is -2.19. The van der Waals surface area contributed by atoms with E-state index in [2.05, 4.69) is 76.0 Å². The zero-order valence-corrected chi connectivity index (χ0v) is 43.8. The average molecular weight is 1010 g/mol. The summed E-state index contributed by atoms with van der Waals surface area (Å²) in [6, 6.07) is 0. The maximum atomic E-state index is 12.2. The molecule has 0 saturated heterocycles. The van der Waals surface area contributed by atoms with Crippen molar-refractivity contribution in [2.75, 3.05) is 39.6 Å². The van der Waals surface area contributed by atoms with E-state index >= 15 is 0 Å². The number of unbranched alkanes of at least 4 members (excludes halogenated alkanes) is 22. The van der Waals surface area contributed by atoms with Crippen molar-refractivity contribution in [3.8, 4) is 0 Å². The summed E-state index contributed by atoms with van der Waals surface area (Å²) in [4.78, 5) is 43.8. The summed E-state index contributed by atoms with van der Waals surface area (Å²) in [5, 5.41) is 30.1. The summed E-state index contributed by atoms with van der Waals surface area (Å²) >= 11 is 0. The molecule has 0 aromatic heterocycles. The van der Waals surface area contributed by atoms with Gasteiger partial charge in [-0.2, -0.15) is 0 Å². The normalized spacial score (nSPS) is 15.3. The predicted octanol–water partition coefficient (Wildman–Crippen LogP) is 12.4. The Morgan fingerprint density at radius 3 is 0.971 bits per heavy atom. The molecule has 5 atom stereocenters. The van der Waals surface area contributed by atoms with Crippen molar-refractivity contribution >= 4 is 27.6 Å². The highest BCUT2D eigenvalue weighted by molar-refractivity contribution is 7.47. The van der Waals surface area contributed by atoms with E-state index in [-0.39, 0.29) is 12.8 Å². The molecule has 0 saturated carbocycles. The number of ether oxygens (including phenoxy) is 2. The van der Waals surface area contributed by atoms with Crippen molar-refractivity contribution in [3.63, 3.8) is 0 Å². The molecule has 0 spiro atoms. The summed E-state index contributed by atoms with van der Waals surface area (Å²) < 4.78 is 53.1. The maximum absolute atomic E-state index is 12.2. The molecular formula is C51H94O15P2. The van der Waals surface area contributed by atoms with E-state index in [0.717, 1.165) is 64.2 Å². The number of phosphoric acid groups is 2. The smallest absolute Gasteiger partial charge is 0.463 e. The van der Waals surface area contributed by atoms with Crippen LogP contribution in [0.1, 0.15) is 206 Å². The molecule has 0 bridgehead atoms. The van der Waals surface area contributed by atoms with Gasteiger partial charge in [0.1, 0.15) is 31.5 Å². The highest BCUT2D eigenvalue weighted by Crippen LogP contribution is 2.45. The lowest BCUT2D eigenvalue weighted by atomic mass is 10.0. The van der Waals surface area contributed by atoms with Gasteiger partial charge in [0.05, 0.1) is 26.4 Å². The Morgan fingerprint density at radius 2 is 0.632 bits per heavy atom. The summed E-state index contributed by atoms with van der Waals surface area (Å²) in [5.41, 5.74) is 0. The molecule has 0 aromatic rings. The zero-order chi connectivity index (χ0) is 50.2. The molecule has 15 nitrogen and oxygen atoms in total. The van der Waals surface area contributed by atoms with E-state index in [0.29, 0.717) is 12.8 Å². The number of aliphatic hydroxyl groups is 3. The van der Waals surface area contributed by atoms with E-state index in [1.165, 1.54) is 103 Å². The van der Waals surface area contributed by atoms with Gasteiger partial charge in [0.2, 0.25) is 0 Å². The number of hydrogen-bond acceptors (Lipinski definition) is 13. The van der Waals surface area contributed by atoms with Crippen LogP contribution in [0.25, 0.3) is 0 Å². The number of phosphoric ester groups is 2. The third-order valence-corrected chi connectivity index (χ3v) is 12.7. The predicted molar refractivity (Wildman–Crippen MR) is 270 cm³/mol. The molecule has 0 heterocycles. The van der Waals surface area contributed by atoms with Gasteiger partial charge < -0.3 is 34.6 Å². The van der Waals surface area contributed by atoms with Gasteiger partial charge in [-0.05, 0) is 57.8 Å². The van der Waals surface area contributed by atoms with Crippen LogP contribution in [0.2, 0.25) is 0 Å². The van der Waals surface area contributed by atoms with Crippen LogP contribution in [-0.4, -0.2) is 95.0 Å². The Balaban J connectivity index is 3.89. The molecule has 17 heteroatoms. The van der Waals surface area contributed by atoms with Crippen LogP contribution in [-0.2, 0) is 46.3 Å². The largest absolute Gasteiger partial charge is 0.472 e. The van der Waals surface area contributed by atoms with Crippen LogP contribution in [0.3, 0.4) is 0 Å². The zero-order valence-electron chi connectivity index (χ0n) is 42.0. The molecule has 68 heavy (non-hydrogen) atoms. The topological polar surface area (TPSA) is 225 Å².